The number of hydrogen-bond donors (Lipinski definition) is 0. The molecule has 0 aromatic carbocycles. The van der Waals surface area contributed by atoms with E-state index in [0.29, 0.717) is 13.2 Å². The summed E-state index contributed by atoms with van der Waals surface area (Å²) in [6.45, 7) is 3.47. The Morgan fingerprint density at radius 2 is 1.21 bits per heavy atom. The van der Waals surface area contributed by atoms with Gasteiger partial charge >= 0.3 is 0 Å². The first kappa shape index (κ1) is 17.9. The van der Waals surface area contributed by atoms with E-state index in [2.05, 4.69) is 74.1 Å². The van der Waals surface area contributed by atoms with Gasteiger partial charge in [-0.3, -0.25) is 0 Å². The van der Waals surface area contributed by atoms with E-state index in [4.69, 9.17) is 9.47 Å². The van der Waals surface area contributed by atoms with Crippen molar-refractivity contribution in [1.82, 2.24) is 0 Å². The van der Waals surface area contributed by atoms with E-state index >= 15 is 0 Å². The highest BCUT2D eigenvalue weighted by Gasteiger charge is 2.50. The van der Waals surface area contributed by atoms with Gasteiger partial charge in [-0.05, 0) is 49.2 Å². The molecule has 0 aromatic rings. The average molecular weight is 378 g/mol. The van der Waals surface area contributed by atoms with Crippen molar-refractivity contribution >= 4 is 0 Å². The molecular formula is C27H22O2. The predicted octanol–water partition coefficient (Wildman–Crippen LogP) is 5.27. The summed E-state index contributed by atoms with van der Waals surface area (Å²) in [6.07, 6.45) is 26.2. The van der Waals surface area contributed by atoms with Gasteiger partial charge in [0.25, 0.3) is 0 Å². The molecule has 2 saturated carbocycles. The van der Waals surface area contributed by atoms with Gasteiger partial charge in [0.15, 0.2) is 11.5 Å². The van der Waals surface area contributed by atoms with Crippen molar-refractivity contribution in [2.75, 3.05) is 13.2 Å². The minimum atomic E-state index is 0.624. The van der Waals surface area contributed by atoms with Crippen LogP contribution in [0.2, 0.25) is 0 Å². The molecule has 1 heterocycles. The molecule has 1 saturated heterocycles. The lowest BCUT2D eigenvalue weighted by atomic mass is 9.76. The lowest BCUT2D eigenvalue weighted by Gasteiger charge is -2.30. The van der Waals surface area contributed by atoms with Crippen LogP contribution in [0.4, 0.5) is 0 Å². The Balaban J connectivity index is 1.20. The van der Waals surface area contributed by atoms with Gasteiger partial charge in [0.2, 0.25) is 0 Å². The van der Waals surface area contributed by atoms with Crippen molar-refractivity contribution in [2.24, 2.45) is 0 Å². The van der Waals surface area contributed by atoms with Crippen LogP contribution < -0.4 is 0 Å². The topological polar surface area (TPSA) is 18.5 Å². The molecule has 5 aliphatic carbocycles. The van der Waals surface area contributed by atoms with Crippen molar-refractivity contribution in [1.29, 1.82) is 0 Å². The van der Waals surface area contributed by atoms with Crippen molar-refractivity contribution in [2.45, 2.75) is 19.8 Å². The van der Waals surface area contributed by atoms with Crippen LogP contribution >= 0.6 is 0 Å². The molecule has 0 N–H and O–H groups in total. The summed E-state index contributed by atoms with van der Waals surface area (Å²) in [5.74, 6) is 14.0. The molecule has 6 rings (SSSR count). The molecule has 0 aromatic heterocycles. The minimum absolute atomic E-state index is 0.624. The van der Waals surface area contributed by atoms with Crippen LogP contribution in [0.25, 0.3) is 0 Å². The molecule has 3 fully saturated rings. The fraction of sp³-hybridized carbons (Fsp3) is 0.185. The zero-order valence-corrected chi connectivity index (χ0v) is 16.5. The normalized spacial score (nSPS) is 29.3. The molecule has 0 spiro atoms. The van der Waals surface area contributed by atoms with Gasteiger partial charge in [-0.25, -0.2) is 0 Å². The van der Waals surface area contributed by atoms with Crippen LogP contribution in [-0.4, -0.2) is 13.2 Å². The standard InChI is InChI=1S/C27H22O2/c1-17-14-18-15-26-27(29-13-12-28-26)16-25(18)19(17)10-11-24-22-8-4-2-6-20(22)21-7-3-5-9-23(21)24/h2-9,14-16H,10-13H2,1H3. The molecule has 1 aliphatic heterocycles. The largest absolute Gasteiger partial charge is 0.486 e. The summed E-state index contributed by atoms with van der Waals surface area (Å²) >= 11 is 0. The maximum absolute atomic E-state index is 5.84. The Hall–Kier alpha value is -1.96. The molecule has 6 aliphatic rings. The second kappa shape index (κ2) is 7.07. The second-order valence-corrected chi connectivity index (χ2v) is 7.96. The summed E-state index contributed by atoms with van der Waals surface area (Å²) in [6, 6.07) is 0. The van der Waals surface area contributed by atoms with Crippen molar-refractivity contribution in [3.05, 3.63) is 132 Å². The summed E-state index contributed by atoms with van der Waals surface area (Å²) in [5, 5.41) is 0. The highest BCUT2D eigenvalue weighted by Crippen LogP contribution is 2.60. The minimum Gasteiger partial charge on any atom is -0.486 e. The van der Waals surface area contributed by atoms with E-state index in [9.17, 15) is 0 Å². The Kier molecular flexibility index (Phi) is 4.36. The zero-order valence-electron chi connectivity index (χ0n) is 16.5. The summed E-state index contributed by atoms with van der Waals surface area (Å²) in [4.78, 5) is 0. The third-order valence-electron chi connectivity index (χ3n) is 6.31. The third-order valence-corrected chi connectivity index (χ3v) is 6.31. The molecule has 142 valence electrons. The monoisotopic (exact) mass is 378 g/mol. The fourth-order valence-corrected chi connectivity index (χ4v) is 4.98. The van der Waals surface area contributed by atoms with Gasteiger partial charge in [0.1, 0.15) is 13.2 Å². The number of allylic oxidation sites excluding steroid dienone is 10. The maximum Gasteiger partial charge on any atom is 0.157 e. The van der Waals surface area contributed by atoms with Crippen molar-refractivity contribution in [3.63, 3.8) is 0 Å². The Morgan fingerprint density at radius 3 is 1.86 bits per heavy atom. The Morgan fingerprint density at radius 1 is 0.655 bits per heavy atom. The summed E-state index contributed by atoms with van der Waals surface area (Å²) in [7, 11) is 0. The van der Waals surface area contributed by atoms with Crippen LogP contribution in [-0.2, 0) is 9.47 Å². The van der Waals surface area contributed by atoms with E-state index in [0.717, 1.165) is 24.4 Å². The van der Waals surface area contributed by atoms with Crippen LogP contribution in [0.3, 0.4) is 0 Å². The Labute approximate surface area is 174 Å². The van der Waals surface area contributed by atoms with Crippen LogP contribution in [0.1, 0.15) is 19.8 Å². The first-order chi connectivity index (χ1) is 14.3. The second-order valence-electron chi connectivity index (χ2n) is 7.96. The van der Waals surface area contributed by atoms with Crippen molar-refractivity contribution < 1.29 is 9.47 Å². The highest BCUT2D eigenvalue weighted by molar-refractivity contribution is 5.77. The quantitative estimate of drug-likeness (QED) is 0.666. The SMILES string of the molecule is C[C]1[CH][C]2C=C3OCCOC3=C[C]2[C]1CC[C]1[C]2C=CC=C[C]2[C]2C=CC=C[C]21. The molecule has 0 unspecified atom stereocenters. The van der Waals surface area contributed by atoms with Crippen LogP contribution in [0.5, 0.6) is 0 Å². The maximum atomic E-state index is 5.84. The van der Waals surface area contributed by atoms with Gasteiger partial charge in [-0.1, -0.05) is 55.5 Å². The van der Waals surface area contributed by atoms with Gasteiger partial charge < -0.3 is 9.47 Å². The highest BCUT2D eigenvalue weighted by atomic mass is 16.6. The average Bonchev–Trinajstić information content (AvgIpc) is 3.24. The third kappa shape index (κ3) is 2.90. The lowest BCUT2D eigenvalue weighted by molar-refractivity contribution is 0.0581. The van der Waals surface area contributed by atoms with Gasteiger partial charge in [-0.15, -0.1) is 0 Å². The molecule has 0 bridgehead atoms. The molecule has 2 heteroatoms. The first-order valence-corrected chi connectivity index (χ1v) is 10.3. The number of fused-ring (bicyclic) bond motifs is 5. The zero-order chi connectivity index (χ0) is 19.4. The molecular weight excluding hydrogens is 356 g/mol. The van der Waals surface area contributed by atoms with E-state index in [1.54, 1.807) is 0 Å². The van der Waals surface area contributed by atoms with E-state index in [1.165, 1.54) is 53.3 Å². The number of rotatable bonds is 3. The number of ether oxygens (including phenoxy) is 2. The van der Waals surface area contributed by atoms with Crippen LogP contribution in [0, 0.1) is 59.7 Å². The van der Waals surface area contributed by atoms with E-state index < -0.39 is 0 Å². The molecule has 29 heavy (non-hydrogen) atoms. The van der Waals surface area contributed by atoms with Gasteiger partial charge in [-0.2, -0.15) is 0 Å². The molecule has 10 radical (unpaired) electrons. The first-order valence-electron chi connectivity index (χ1n) is 10.3. The molecule has 0 atom stereocenters. The molecule has 0 amide bonds. The fourth-order valence-electron chi connectivity index (χ4n) is 4.98. The molecule has 2 nitrogen and oxygen atoms in total. The van der Waals surface area contributed by atoms with Gasteiger partial charge in [0, 0.05) is 35.5 Å². The van der Waals surface area contributed by atoms with Crippen LogP contribution in [0.15, 0.2) is 72.3 Å². The predicted molar refractivity (Wildman–Crippen MR) is 113 cm³/mol. The summed E-state index contributed by atoms with van der Waals surface area (Å²) in [5.41, 5.74) is 0. The smallest absolute Gasteiger partial charge is 0.157 e. The van der Waals surface area contributed by atoms with Gasteiger partial charge in [0.05, 0.1) is 0 Å². The summed E-state index contributed by atoms with van der Waals surface area (Å²) < 4.78 is 11.6. The van der Waals surface area contributed by atoms with E-state index in [1.807, 2.05) is 0 Å². The van der Waals surface area contributed by atoms with E-state index in [-0.39, 0.29) is 0 Å². The number of hydrogen-bond acceptors (Lipinski definition) is 2. The lowest BCUT2D eigenvalue weighted by Crippen LogP contribution is -2.21. The Bertz CT molecular complexity index is 807. The van der Waals surface area contributed by atoms with Crippen molar-refractivity contribution in [3.8, 4) is 0 Å².